The van der Waals surface area contributed by atoms with Crippen molar-refractivity contribution in [3.8, 4) is 0 Å². The van der Waals surface area contributed by atoms with Gasteiger partial charge in [0.1, 0.15) is 0 Å². The van der Waals surface area contributed by atoms with Crippen molar-refractivity contribution in [1.29, 1.82) is 0 Å². The van der Waals surface area contributed by atoms with Crippen LogP contribution in [0.2, 0.25) is 0 Å². The van der Waals surface area contributed by atoms with Gasteiger partial charge < -0.3 is 10.6 Å². The van der Waals surface area contributed by atoms with Crippen LogP contribution in [-0.4, -0.2) is 44.4 Å². The standard InChI is InChI=1S/C12H18N4O4S/c1-15-6-4-10(5-7-15)14-21(19,20)12-8-9(13)2-3-11(12)16(17)18/h2-3,8,10,14H,4-7,13H2,1H3. The second kappa shape index (κ2) is 5.96. The zero-order chi connectivity index (χ0) is 15.6. The summed E-state index contributed by atoms with van der Waals surface area (Å²) in [6.45, 7) is 1.57. The average Bonchev–Trinajstić information content (AvgIpc) is 2.41. The van der Waals surface area contributed by atoms with Crippen LogP contribution in [0.1, 0.15) is 12.8 Å². The van der Waals surface area contributed by atoms with Crippen molar-refractivity contribution in [2.45, 2.75) is 23.8 Å². The van der Waals surface area contributed by atoms with Crippen LogP contribution in [0.25, 0.3) is 0 Å². The first-order valence-corrected chi connectivity index (χ1v) is 8.03. The first kappa shape index (κ1) is 15.7. The maximum atomic E-state index is 12.4. The Morgan fingerprint density at radius 2 is 2.00 bits per heavy atom. The van der Waals surface area contributed by atoms with Crippen molar-refractivity contribution in [3.63, 3.8) is 0 Å². The number of rotatable bonds is 4. The molecule has 116 valence electrons. The highest BCUT2D eigenvalue weighted by atomic mass is 32.2. The van der Waals surface area contributed by atoms with Crippen molar-refractivity contribution < 1.29 is 13.3 Å². The number of nitrogen functional groups attached to an aromatic ring is 1. The fourth-order valence-electron chi connectivity index (χ4n) is 2.31. The summed E-state index contributed by atoms with van der Waals surface area (Å²) in [5, 5.41) is 11.0. The molecule has 1 aromatic rings. The van der Waals surface area contributed by atoms with Crippen LogP contribution in [0.15, 0.2) is 23.1 Å². The van der Waals surface area contributed by atoms with Crippen molar-refractivity contribution in [2.24, 2.45) is 0 Å². The Hall–Kier alpha value is -1.71. The molecule has 0 unspecified atom stereocenters. The Bertz CT molecular complexity index is 639. The van der Waals surface area contributed by atoms with Crippen LogP contribution < -0.4 is 10.5 Å². The summed E-state index contributed by atoms with van der Waals surface area (Å²) in [7, 11) is -2.00. The Kier molecular flexibility index (Phi) is 4.45. The quantitative estimate of drug-likeness (QED) is 0.476. The van der Waals surface area contributed by atoms with Gasteiger partial charge in [-0.25, -0.2) is 13.1 Å². The van der Waals surface area contributed by atoms with Crippen LogP contribution in [-0.2, 0) is 10.0 Å². The number of nitrogens with two attached hydrogens (primary N) is 1. The minimum absolute atomic E-state index is 0.171. The lowest BCUT2D eigenvalue weighted by molar-refractivity contribution is -0.387. The molecule has 2 rings (SSSR count). The fourth-order valence-corrected chi connectivity index (χ4v) is 3.82. The van der Waals surface area contributed by atoms with E-state index in [2.05, 4.69) is 9.62 Å². The second-order valence-electron chi connectivity index (χ2n) is 5.18. The normalized spacial score (nSPS) is 17.8. The smallest absolute Gasteiger partial charge is 0.289 e. The molecule has 0 aromatic heterocycles. The van der Waals surface area contributed by atoms with Gasteiger partial charge in [0.15, 0.2) is 4.90 Å². The maximum Gasteiger partial charge on any atom is 0.289 e. The minimum atomic E-state index is -3.97. The Balaban J connectivity index is 2.27. The number of nitro benzene ring substituents is 1. The summed E-state index contributed by atoms with van der Waals surface area (Å²) in [4.78, 5) is 12.0. The average molecular weight is 314 g/mol. The summed E-state index contributed by atoms with van der Waals surface area (Å²) >= 11 is 0. The number of nitro groups is 1. The first-order valence-electron chi connectivity index (χ1n) is 6.54. The fraction of sp³-hybridized carbons (Fsp3) is 0.500. The van der Waals surface area contributed by atoms with Gasteiger partial charge in [-0.05, 0) is 45.1 Å². The summed E-state index contributed by atoms with van der Waals surface area (Å²) in [6.07, 6.45) is 1.34. The van der Waals surface area contributed by atoms with Crippen LogP contribution in [0.4, 0.5) is 11.4 Å². The maximum absolute atomic E-state index is 12.4. The van der Waals surface area contributed by atoms with E-state index in [-0.39, 0.29) is 16.6 Å². The largest absolute Gasteiger partial charge is 0.399 e. The Morgan fingerprint density at radius 1 is 1.38 bits per heavy atom. The van der Waals surface area contributed by atoms with E-state index in [0.717, 1.165) is 25.2 Å². The molecule has 0 saturated carbocycles. The Labute approximate surface area is 123 Å². The van der Waals surface area contributed by atoms with Crippen LogP contribution in [0, 0.1) is 10.1 Å². The molecular weight excluding hydrogens is 296 g/mol. The van der Waals surface area contributed by atoms with Gasteiger partial charge in [-0.15, -0.1) is 0 Å². The highest BCUT2D eigenvalue weighted by Crippen LogP contribution is 2.26. The number of piperidine rings is 1. The highest BCUT2D eigenvalue weighted by molar-refractivity contribution is 7.89. The molecule has 1 heterocycles. The van der Waals surface area contributed by atoms with E-state index in [1.807, 2.05) is 7.05 Å². The predicted molar refractivity (Wildman–Crippen MR) is 78.3 cm³/mol. The number of hydrogen-bond acceptors (Lipinski definition) is 6. The zero-order valence-electron chi connectivity index (χ0n) is 11.7. The summed E-state index contributed by atoms with van der Waals surface area (Å²) in [5.41, 5.74) is 5.26. The third-order valence-corrected chi connectivity index (χ3v) is 5.06. The van der Waals surface area contributed by atoms with E-state index >= 15 is 0 Å². The van der Waals surface area contributed by atoms with Gasteiger partial charge >= 0.3 is 0 Å². The van der Waals surface area contributed by atoms with Gasteiger partial charge in [0, 0.05) is 17.8 Å². The van der Waals surface area contributed by atoms with Gasteiger partial charge in [0.2, 0.25) is 10.0 Å². The van der Waals surface area contributed by atoms with Crippen LogP contribution >= 0.6 is 0 Å². The first-order chi connectivity index (χ1) is 9.79. The highest BCUT2D eigenvalue weighted by Gasteiger charge is 2.29. The summed E-state index contributed by atoms with van der Waals surface area (Å²) in [6, 6.07) is 3.33. The molecule has 8 nitrogen and oxygen atoms in total. The van der Waals surface area contributed by atoms with Crippen molar-refractivity contribution >= 4 is 21.4 Å². The number of hydrogen-bond donors (Lipinski definition) is 2. The molecule has 0 atom stereocenters. The SMILES string of the molecule is CN1CCC(NS(=O)(=O)c2cc(N)ccc2[N+](=O)[O-])CC1. The number of sulfonamides is 1. The molecule has 9 heteroatoms. The molecule has 3 N–H and O–H groups in total. The zero-order valence-corrected chi connectivity index (χ0v) is 12.5. The topological polar surface area (TPSA) is 119 Å². The number of benzene rings is 1. The monoisotopic (exact) mass is 314 g/mol. The molecular formula is C12H18N4O4S. The minimum Gasteiger partial charge on any atom is -0.399 e. The molecule has 1 aliphatic rings. The molecule has 0 amide bonds. The van der Waals surface area contributed by atoms with E-state index in [0.29, 0.717) is 12.8 Å². The van der Waals surface area contributed by atoms with Crippen LogP contribution in [0.5, 0.6) is 0 Å². The van der Waals surface area contributed by atoms with E-state index < -0.39 is 20.6 Å². The number of nitrogens with zero attached hydrogens (tertiary/aromatic N) is 2. The molecule has 0 bridgehead atoms. The number of anilines is 1. The predicted octanol–water partition coefficient (Wildman–Crippen LogP) is 0.550. The molecule has 21 heavy (non-hydrogen) atoms. The molecule has 1 aromatic carbocycles. The molecule has 0 radical (unpaired) electrons. The van der Waals surface area contributed by atoms with Crippen molar-refractivity contribution in [3.05, 3.63) is 28.3 Å². The van der Waals surface area contributed by atoms with Gasteiger partial charge in [-0.3, -0.25) is 10.1 Å². The molecule has 0 spiro atoms. The van der Waals surface area contributed by atoms with Crippen molar-refractivity contribution in [1.82, 2.24) is 9.62 Å². The molecule has 0 aliphatic carbocycles. The van der Waals surface area contributed by atoms with E-state index in [9.17, 15) is 18.5 Å². The molecule has 1 fully saturated rings. The Morgan fingerprint density at radius 3 is 2.57 bits per heavy atom. The number of likely N-dealkylation sites (tertiary alicyclic amines) is 1. The van der Waals surface area contributed by atoms with Gasteiger partial charge in [-0.1, -0.05) is 0 Å². The van der Waals surface area contributed by atoms with Gasteiger partial charge in [0.25, 0.3) is 5.69 Å². The van der Waals surface area contributed by atoms with Crippen LogP contribution in [0.3, 0.4) is 0 Å². The summed E-state index contributed by atoms with van der Waals surface area (Å²) < 4.78 is 27.3. The lowest BCUT2D eigenvalue weighted by Crippen LogP contribution is -2.43. The lowest BCUT2D eigenvalue weighted by atomic mass is 10.1. The van der Waals surface area contributed by atoms with E-state index in [1.165, 1.54) is 6.07 Å². The van der Waals surface area contributed by atoms with Gasteiger partial charge in [-0.2, -0.15) is 0 Å². The molecule has 1 saturated heterocycles. The van der Waals surface area contributed by atoms with Gasteiger partial charge in [0.05, 0.1) is 4.92 Å². The third kappa shape index (κ3) is 3.69. The summed E-state index contributed by atoms with van der Waals surface area (Å²) in [5.74, 6) is 0. The molecule has 1 aliphatic heterocycles. The van der Waals surface area contributed by atoms with Crippen molar-refractivity contribution in [2.75, 3.05) is 25.9 Å². The number of nitrogens with one attached hydrogen (secondary N) is 1. The lowest BCUT2D eigenvalue weighted by Gasteiger charge is -2.29. The van der Waals surface area contributed by atoms with E-state index in [4.69, 9.17) is 5.73 Å². The third-order valence-electron chi connectivity index (χ3n) is 3.51. The second-order valence-corrected chi connectivity index (χ2v) is 6.87. The van der Waals surface area contributed by atoms with E-state index in [1.54, 1.807) is 0 Å².